The Morgan fingerprint density at radius 3 is 0.915 bits per heavy atom. The molecule has 0 atom stereocenters. The second-order valence-corrected chi connectivity index (χ2v) is 17.5. The molecular formula is C41H60O6. The van der Waals surface area contributed by atoms with Crippen molar-refractivity contribution in [3.05, 3.63) is 58.7 Å². The fraction of sp³-hybridized carbons (Fsp3) is 0.707. The lowest BCUT2D eigenvalue weighted by molar-refractivity contribution is 0.0364. The summed E-state index contributed by atoms with van der Waals surface area (Å²) in [6.45, 7) is 9.87. The molecule has 0 bridgehead atoms. The van der Waals surface area contributed by atoms with Gasteiger partial charge >= 0.3 is 0 Å². The lowest BCUT2D eigenvalue weighted by Crippen LogP contribution is -2.32. The molecule has 4 N–H and O–H groups in total. The van der Waals surface area contributed by atoms with Crippen molar-refractivity contribution < 1.29 is 29.9 Å². The summed E-state index contributed by atoms with van der Waals surface area (Å²) in [5.41, 5.74) is -0.259. The van der Waals surface area contributed by atoms with E-state index in [0.717, 1.165) is 143 Å². The lowest BCUT2D eigenvalue weighted by atomic mass is 9.76. The zero-order chi connectivity index (χ0) is 33.6. The maximum absolute atomic E-state index is 11.5. The zero-order valence-corrected chi connectivity index (χ0v) is 29.5. The van der Waals surface area contributed by atoms with E-state index in [9.17, 15) is 20.4 Å². The van der Waals surface area contributed by atoms with E-state index in [1.807, 2.05) is 36.4 Å². The first-order chi connectivity index (χ1) is 22.1. The molecule has 47 heavy (non-hydrogen) atoms. The first kappa shape index (κ1) is 34.7. The van der Waals surface area contributed by atoms with Gasteiger partial charge in [0.05, 0.1) is 35.6 Å². The van der Waals surface area contributed by atoms with Gasteiger partial charge in [-0.2, -0.15) is 0 Å². The quantitative estimate of drug-likeness (QED) is 0.184. The van der Waals surface area contributed by atoms with E-state index in [4.69, 9.17) is 9.47 Å². The summed E-state index contributed by atoms with van der Waals surface area (Å²) in [5.74, 6) is 1.44. The van der Waals surface area contributed by atoms with Crippen molar-refractivity contribution >= 4 is 0 Å². The summed E-state index contributed by atoms with van der Waals surface area (Å²) in [6, 6.07) is 12.1. The monoisotopic (exact) mass is 648 g/mol. The molecule has 0 aliphatic heterocycles. The standard InChI is InChI=1S/C41H60O6/c1-36(2,28-46-34-23-30(38(42)13-5-6-14-38)21-31(24-34)39(43)15-7-8-16-39)27-37(3,4)29-47-35-25-32(40(44)17-9-10-18-40)22-33(26-35)41(45)19-11-12-20-41/h21-26,42-45H,5-20,27-29H2,1-4H3. The van der Waals surface area contributed by atoms with Crippen molar-refractivity contribution in [2.24, 2.45) is 10.8 Å². The molecule has 2 aromatic rings. The van der Waals surface area contributed by atoms with E-state index in [0.29, 0.717) is 13.2 Å². The third-order valence-corrected chi connectivity index (χ3v) is 11.9. The fourth-order valence-electron chi connectivity index (χ4n) is 9.39. The van der Waals surface area contributed by atoms with Crippen molar-refractivity contribution in [1.82, 2.24) is 0 Å². The van der Waals surface area contributed by atoms with Crippen LogP contribution in [-0.4, -0.2) is 33.6 Å². The number of hydrogen-bond donors (Lipinski definition) is 4. The largest absolute Gasteiger partial charge is 0.493 e. The Kier molecular flexibility index (Phi) is 9.58. The van der Waals surface area contributed by atoms with E-state index >= 15 is 0 Å². The van der Waals surface area contributed by atoms with Crippen LogP contribution in [0.2, 0.25) is 0 Å². The number of hydrogen-bond acceptors (Lipinski definition) is 6. The summed E-state index contributed by atoms with van der Waals surface area (Å²) in [7, 11) is 0. The molecule has 0 heterocycles. The van der Waals surface area contributed by atoms with Gasteiger partial charge in [0.25, 0.3) is 0 Å². The van der Waals surface area contributed by atoms with E-state index in [2.05, 4.69) is 27.7 Å². The second kappa shape index (κ2) is 13.0. The van der Waals surface area contributed by atoms with Crippen LogP contribution in [0.3, 0.4) is 0 Å². The van der Waals surface area contributed by atoms with Gasteiger partial charge in [-0.3, -0.25) is 0 Å². The fourth-order valence-corrected chi connectivity index (χ4v) is 9.39. The highest BCUT2D eigenvalue weighted by Crippen LogP contribution is 2.47. The van der Waals surface area contributed by atoms with Crippen molar-refractivity contribution in [1.29, 1.82) is 0 Å². The van der Waals surface area contributed by atoms with Gasteiger partial charge in [-0.25, -0.2) is 0 Å². The molecule has 0 amide bonds. The van der Waals surface area contributed by atoms with Crippen LogP contribution >= 0.6 is 0 Å². The van der Waals surface area contributed by atoms with Gasteiger partial charge in [0, 0.05) is 0 Å². The molecule has 6 nitrogen and oxygen atoms in total. The van der Waals surface area contributed by atoms with Crippen LogP contribution in [0.4, 0.5) is 0 Å². The minimum Gasteiger partial charge on any atom is -0.493 e. The van der Waals surface area contributed by atoms with Crippen LogP contribution in [-0.2, 0) is 22.4 Å². The lowest BCUT2D eigenvalue weighted by Gasteiger charge is -2.35. The Balaban J connectivity index is 1.15. The molecule has 4 aliphatic carbocycles. The Hall–Kier alpha value is -2.12. The van der Waals surface area contributed by atoms with Crippen LogP contribution in [0, 0.1) is 10.8 Å². The Morgan fingerprint density at radius 2 is 0.681 bits per heavy atom. The second-order valence-electron chi connectivity index (χ2n) is 17.5. The molecule has 4 saturated carbocycles. The van der Waals surface area contributed by atoms with Crippen molar-refractivity contribution in [3.63, 3.8) is 0 Å². The molecule has 0 aromatic heterocycles. The minimum atomic E-state index is -0.851. The molecule has 2 aromatic carbocycles. The predicted molar refractivity (Wildman–Crippen MR) is 186 cm³/mol. The molecule has 6 heteroatoms. The SMILES string of the molecule is CC(C)(COc1cc(C2(O)CCCC2)cc(C2(O)CCCC2)c1)CC(C)(C)COc1cc(C2(O)CCCC2)cc(C2(O)CCCC2)c1. The van der Waals surface area contributed by atoms with Gasteiger partial charge < -0.3 is 29.9 Å². The highest BCUT2D eigenvalue weighted by Gasteiger charge is 2.40. The molecule has 4 aliphatic rings. The molecule has 4 fully saturated rings. The summed E-state index contributed by atoms with van der Waals surface area (Å²) >= 11 is 0. The predicted octanol–water partition coefficient (Wildman–Crippen LogP) is 8.63. The van der Waals surface area contributed by atoms with Gasteiger partial charge in [-0.05, 0) is 127 Å². The first-order valence-electron chi connectivity index (χ1n) is 18.6. The highest BCUT2D eigenvalue weighted by atomic mass is 16.5. The molecule has 0 unspecified atom stereocenters. The number of aliphatic hydroxyl groups is 4. The van der Waals surface area contributed by atoms with Crippen molar-refractivity contribution in [3.8, 4) is 11.5 Å². The number of benzene rings is 2. The van der Waals surface area contributed by atoms with E-state index in [-0.39, 0.29) is 10.8 Å². The van der Waals surface area contributed by atoms with E-state index < -0.39 is 22.4 Å². The smallest absolute Gasteiger partial charge is 0.120 e. The summed E-state index contributed by atoms with van der Waals surface area (Å²) in [4.78, 5) is 0. The summed E-state index contributed by atoms with van der Waals surface area (Å²) < 4.78 is 13.0. The minimum absolute atomic E-state index is 0.178. The van der Waals surface area contributed by atoms with Crippen molar-refractivity contribution in [2.45, 2.75) is 159 Å². The summed E-state index contributed by atoms with van der Waals surface area (Å²) in [6.07, 6.45) is 14.9. The van der Waals surface area contributed by atoms with Gasteiger partial charge in [-0.15, -0.1) is 0 Å². The third-order valence-electron chi connectivity index (χ3n) is 11.9. The average molecular weight is 649 g/mol. The Morgan fingerprint density at radius 1 is 0.447 bits per heavy atom. The van der Waals surface area contributed by atoms with Gasteiger partial charge in [-0.1, -0.05) is 79.1 Å². The van der Waals surface area contributed by atoms with Crippen LogP contribution in [0.15, 0.2) is 36.4 Å². The normalized spacial score (nSPS) is 23.3. The Bertz CT molecular complexity index is 1200. The maximum atomic E-state index is 11.5. The molecule has 6 rings (SSSR count). The van der Waals surface area contributed by atoms with Crippen molar-refractivity contribution in [2.75, 3.05) is 13.2 Å². The van der Waals surface area contributed by atoms with Crippen LogP contribution in [0.25, 0.3) is 0 Å². The topological polar surface area (TPSA) is 99.4 Å². The maximum Gasteiger partial charge on any atom is 0.120 e. The van der Waals surface area contributed by atoms with E-state index in [1.165, 1.54) is 0 Å². The number of ether oxygens (including phenoxy) is 2. The van der Waals surface area contributed by atoms with Crippen LogP contribution in [0.1, 0.15) is 159 Å². The molecule has 0 radical (unpaired) electrons. The van der Waals surface area contributed by atoms with Crippen LogP contribution < -0.4 is 9.47 Å². The summed E-state index contributed by atoms with van der Waals surface area (Å²) in [5, 5.41) is 45.9. The van der Waals surface area contributed by atoms with E-state index in [1.54, 1.807) is 0 Å². The van der Waals surface area contributed by atoms with Gasteiger partial charge in [0.2, 0.25) is 0 Å². The first-order valence-corrected chi connectivity index (χ1v) is 18.6. The van der Waals surface area contributed by atoms with Crippen LogP contribution in [0.5, 0.6) is 11.5 Å². The molecule has 260 valence electrons. The molecule has 0 saturated heterocycles. The molecular weight excluding hydrogens is 588 g/mol. The Labute approximate surface area is 282 Å². The number of rotatable bonds is 12. The molecule has 0 spiro atoms. The highest BCUT2D eigenvalue weighted by molar-refractivity contribution is 5.42. The zero-order valence-electron chi connectivity index (χ0n) is 29.5. The van der Waals surface area contributed by atoms with Gasteiger partial charge in [0.1, 0.15) is 11.5 Å². The third kappa shape index (κ3) is 7.71. The van der Waals surface area contributed by atoms with Gasteiger partial charge in [0.15, 0.2) is 0 Å². The average Bonchev–Trinajstić information content (AvgIpc) is 3.85.